The van der Waals surface area contributed by atoms with Gasteiger partial charge in [-0.05, 0) is 73.9 Å². The zero-order valence-corrected chi connectivity index (χ0v) is 26.3. The molecule has 0 aliphatic carbocycles. The molecule has 0 bridgehead atoms. The number of aromatic nitrogens is 2. The normalized spacial score (nSPS) is 18.6. The molecule has 0 saturated carbocycles. The Kier molecular flexibility index (Phi) is 9.33. The minimum Gasteiger partial charge on any atom is -0.481 e. The molecule has 0 amide bonds. The molecule has 8 nitrogen and oxygen atoms in total. The van der Waals surface area contributed by atoms with E-state index in [-0.39, 0.29) is 12.3 Å². The Labute approximate surface area is 260 Å². The minimum atomic E-state index is -0.791. The van der Waals surface area contributed by atoms with E-state index in [0.717, 1.165) is 97.5 Å². The quantitative estimate of drug-likeness (QED) is 0.255. The van der Waals surface area contributed by atoms with E-state index < -0.39 is 12.2 Å². The van der Waals surface area contributed by atoms with Gasteiger partial charge in [-0.3, -0.25) is 9.69 Å². The molecule has 2 saturated heterocycles. The molecule has 44 heavy (non-hydrogen) atoms. The maximum atomic E-state index is 11.8. The zero-order chi connectivity index (χ0) is 30.8. The van der Waals surface area contributed by atoms with Crippen molar-refractivity contribution >= 4 is 27.9 Å². The number of aliphatic hydroxyl groups excluding tert-OH is 1. The number of aliphatic hydroxyl groups is 1. The molecular weight excluding hydrogens is 552 g/mol. The number of carboxylic acid groups (broad SMARTS) is 1. The van der Waals surface area contributed by atoms with Gasteiger partial charge in [-0.1, -0.05) is 49.4 Å². The summed E-state index contributed by atoms with van der Waals surface area (Å²) >= 11 is 0. The van der Waals surface area contributed by atoms with Gasteiger partial charge >= 0.3 is 5.97 Å². The summed E-state index contributed by atoms with van der Waals surface area (Å²) in [5.41, 5.74) is 7.47. The third-order valence-corrected chi connectivity index (χ3v) is 10.1. The Balaban J connectivity index is 1.31. The van der Waals surface area contributed by atoms with Gasteiger partial charge in [0.2, 0.25) is 0 Å². The summed E-state index contributed by atoms with van der Waals surface area (Å²) in [5.74, 6) is -0.359. The Morgan fingerprint density at radius 2 is 1.73 bits per heavy atom. The van der Waals surface area contributed by atoms with Crippen LogP contribution in [0.2, 0.25) is 0 Å². The average Bonchev–Trinajstić information content (AvgIpc) is 3.35. The minimum absolute atomic E-state index is 0.0468. The first-order chi connectivity index (χ1) is 21.4. The lowest BCUT2D eigenvalue weighted by atomic mass is 9.79. The van der Waals surface area contributed by atoms with Crippen LogP contribution < -0.4 is 0 Å². The predicted molar refractivity (Wildman–Crippen MR) is 174 cm³/mol. The van der Waals surface area contributed by atoms with Gasteiger partial charge in [0.05, 0.1) is 5.52 Å². The van der Waals surface area contributed by atoms with E-state index in [0.29, 0.717) is 18.9 Å². The molecule has 8 heteroatoms. The van der Waals surface area contributed by atoms with Gasteiger partial charge in [0.1, 0.15) is 11.9 Å². The zero-order valence-electron chi connectivity index (χ0n) is 26.3. The highest BCUT2D eigenvalue weighted by Crippen LogP contribution is 2.37. The number of fused-ring (bicyclic) bond motifs is 3. The molecule has 0 radical (unpaired) electrons. The molecule has 2 N–H and O–H groups in total. The van der Waals surface area contributed by atoms with Gasteiger partial charge in [-0.15, -0.1) is 0 Å². The van der Waals surface area contributed by atoms with Crippen LogP contribution in [-0.2, 0) is 22.5 Å². The summed E-state index contributed by atoms with van der Waals surface area (Å²) in [6.45, 7) is 13.3. The van der Waals surface area contributed by atoms with Crippen LogP contribution in [0.3, 0.4) is 0 Å². The summed E-state index contributed by atoms with van der Waals surface area (Å²) in [5, 5.41) is 23.3. The highest BCUT2D eigenvalue weighted by Gasteiger charge is 2.35. The molecule has 2 aromatic heterocycles. The molecular formula is C36H46N4O4. The number of hydrogen-bond donors (Lipinski definition) is 2. The second-order valence-corrected chi connectivity index (χ2v) is 12.6. The second kappa shape index (κ2) is 13.4. The fourth-order valence-corrected chi connectivity index (χ4v) is 7.55. The first-order valence-electron chi connectivity index (χ1n) is 16.3. The highest BCUT2D eigenvalue weighted by atomic mass is 16.5. The summed E-state index contributed by atoms with van der Waals surface area (Å²) in [6, 6.07) is 17.3. The number of likely N-dealkylation sites (N-methyl/N-ethyl adjacent to an activating group) is 1. The number of carboxylic acids is 1. The number of pyridine rings is 1. The molecule has 4 aromatic rings. The van der Waals surface area contributed by atoms with Gasteiger partial charge in [0, 0.05) is 74.7 Å². The molecule has 2 aliphatic heterocycles. The van der Waals surface area contributed by atoms with Crippen molar-refractivity contribution in [2.24, 2.45) is 5.92 Å². The molecule has 2 aromatic carbocycles. The average molecular weight is 599 g/mol. The van der Waals surface area contributed by atoms with Gasteiger partial charge in [-0.2, -0.15) is 0 Å². The molecule has 0 spiro atoms. The molecule has 6 rings (SSSR count). The van der Waals surface area contributed by atoms with E-state index in [2.05, 4.69) is 76.7 Å². The summed E-state index contributed by atoms with van der Waals surface area (Å²) in [7, 11) is 0. The van der Waals surface area contributed by atoms with Crippen molar-refractivity contribution in [1.82, 2.24) is 19.4 Å². The Bertz CT molecular complexity index is 1600. The van der Waals surface area contributed by atoms with Gasteiger partial charge in [-0.25, -0.2) is 4.98 Å². The SMILES string of the molecule is CCN1CCN(C(O)C(c2ccc(Cn3c4ccccc4c4c(C)c(CCC(=O)O)c(C)nc43)cc2)C2CCOCC2)CC1. The maximum Gasteiger partial charge on any atom is 0.303 e. The smallest absolute Gasteiger partial charge is 0.303 e. The number of nitrogens with zero attached hydrogens (tertiary/aromatic N) is 4. The number of rotatable bonds is 10. The van der Waals surface area contributed by atoms with Crippen molar-refractivity contribution in [2.75, 3.05) is 45.9 Å². The van der Waals surface area contributed by atoms with Crippen LogP contribution in [0.5, 0.6) is 0 Å². The molecule has 2 unspecified atom stereocenters. The van der Waals surface area contributed by atoms with Crippen molar-refractivity contribution in [1.29, 1.82) is 0 Å². The number of para-hydroxylation sites is 1. The molecule has 2 aliphatic rings. The van der Waals surface area contributed by atoms with E-state index >= 15 is 0 Å². The number of aliphatic carboxylic acids is 1. The fraction of sp³-hybridized carbons (Fsp3) is 0.500. The third-order valence-electron chi connectivity index (χ3n) is 10.1. The highest BCUT2D eigenvalue weighted by molar-refractivity contribution is 6.08. The van der Waals surface area contributed by atoms with E-state index in [9.17, 15) is 15.0 Å². The topological polar surface area (TPSA) is 91.1 Å². The van der Waals surface area contributed by atoms with Crippen molar-refractivity contribution in [2.45, 2.75) is 65.1 Å². The predicted octanol–water partition coefficient (Wildman–Crippen LogP) is 5.34. The first kappa shape index (κ1) is 30.7. The Morgan fingerprint density at radius 1 is 1.02 bits per heavy atom. The summed E-state index contributed by atoms with van der Waals surface area (Å²) in [6.07, 6.45) is 2.01. The molecule has 4 heterocycles. The van der Waals surface area contributed by atoms with Crippen LogP contribution in [0, 0.1) is 19.8 Å². The van der Waals surface area contributed by atoms with Crippen molar-refractivity contribution in [3.63, 3.8) is 0 Å². The second-order valence-electron chi connectivity index (χ2n) is 12.6. The van der Waals surface area contributed by atoms with E-state index in [4.69, 9.17) is 9.72 Å². The van der Waals surface area contributed by atoms with E-state index in [1.165, 1.54) is 11.1 Å². The Hall–Kier alpha value is -3.30. The Morgan fingerprint density at radius 3 is 2.41 bits per heavy atom. The number of carbonyl (C=O) groups is 1. The van der Waals surface area contributed by atoms with Crippen LogP contribution in [0.25, 0.3) is 21.9 Å². The molecule has 2 fully saturated rings. The van der Waals surface area contributed by atoms with Crippen LogP contribution in [0.15, 0.2) is 48.5 Å². The van der Waals surface area contributed by atoms with Crippen LogP contribution >= 0.6 is 0 Å². The van der Waals surface area contributed by atoms with Gasteiger partial charge in [0.25, 0.3) is 0 Å². The van der Waals surface area contributed by atoms with Crippen molar-refractivity contribution in [3.8, 4) is 0 Å². The number of benzene rings is 2. The first-order valence-corrected chi connectivity index (χ1v) is 16.3. The number of piperazine rings is 1. The number of aryl methyl sites for hydroxylation is 2. The largest absolute Gasteiger partial charge is 0.481 e. The summed E-state index contributed by atoms with van der Waals surface area (Å²) in [4.78, 5) is 21.1. The lowest BCUT2D eigenvalue weighted by Crippen LogP contribution is -2.52. The van der Waals surface area contributed by atoms with Gasteiger partial charge < -0.3 is 24.4 Å². The third kappa shape index (κ3) is 6.13. The van der Waals surface area contributed by atoms with E-state index in [1.54, 1.807) is 0 Å². The monoisotopic (exact) mass is 598 g/mol. The fourth-order valence-electron chi connectivity index (χ4n) is 7.55. The van der Waals surface area contributed by atoms with Crippen molar-refractivity contribution < 1.29 is 19.7 Å². The van der Waals surface area contributed by atoms with Crippen LogP contribution in [-0.4, -0.2) is 87.7 Å². The van der Waals surface area contributed by atoms with Crippen molar-refractivity contribution in [3.05, 3.63) is 76.5 Å². The number of ether oxygens (including phenoxy) is 1. The molecule has 2 atom stereocenters. The number of hydrogen-bond acceptors (Lipinski definition) is 6. The van der Waals surface area contributed by atoms with Crippen LogP contribution in [0.4, 0.5) is 0 Å². The molecule has 234 valence electrons. The lowest BCUT2D eigenvalue weighted by molar-refractivity contribution is -0.136. The summed E-state index contributed by atoms with van der Waals surface area (Å²) < 4.78 is 7.99. The van der Waals surface area contributed by atoms with Crippen LogP contribution in [0.1, 0.15) is 60.1 Å². The maximum absolute atomic E-state index is 11.8. The standard InChI is InChI=1S/C36H46N4O4/c1-4-38-17-19-39(20-18-38)36(43)34(28-15-21-44-22-16-28)27-11-9-26(10-12-27)23-40-31-8-6-5-7-30(31)33-24(2)29(13-14-32(41)42)25(3)37-35(33)40/h5-12,28,34,36,43H,4,13-23H2,1-3H3,(H,41,42). The lowest BCUT2D eigenvalue weighted by Gasteiger charge is -2.42. The van der Waals surface area contributed by atoms with E-state index in [1.807, 2.05) is 6.92 Å². The van der Waals surface area contributed by atoms with Gasteiger partial charge in [0.15, 0.2) is 0 Å².